The van der Waals surface area contributed by atoms with Gasteiger partial charge in [0.1, 0.15) is 11.7 Å². The van der Waals surface area contributed by atoms with Crippen LogP contribution in [0.25, 0.3) is 0 Å². The van der Waals surface area contributed by atoms with Gasteiger partial charge in [-0.2, -0.15) is 0 Å². The van der Waals surface area contributed by atoms with E-state index in [4.69, 9.17) is 11.1 Å². The summed E-state index contributed by atoms with van der Waals surface area (Å²) in [5.74, 6) is 0.230. The first kappa shape index (κ1) is 10.9. The van der Waals surface area contributed by atoms with Gasteiger partial charge in [0.2, 0.25) is 0 Å². The van der Waals surface area contributed by atoms with Crippen LogP contribution < -0.4 is 10.6 Å². The van der Waals surface area contributed by atoms with Gasteiger partial charge in [-0.3, -0.25) is 5.41 Å². The molecule has 1 fully saturated rings. The van der Waals surface area contributed by atoms with E-state index >= 15 is 0 Å². The van der Waals surface area contributed by atoms with Crippen LogP contribution in [0.15, 0.2) is 18.2 Å². The Kier molecular flexibility index (Phi) is 2.81. The van der Waals surface area contributed by atoms with Gasteiger partial charge in [-0.1, -0.05) is 6.92 Å². The van der Waals surface area contributed by atoms with E-state index in [0.717, 1.165) is 19.5 Å². The summed E-state index contributed by atoms with van der Waals surface area (Å²) in [7, 11) is 0. The molecule has 0 aromatic heterocycles. The molecule has 1 atom stereocenters. The summed E-state index contributed by atoms with van der Waals surface area (Å²) in [5, 5.41) is 7.24. The third-order valence-corrected chi connectivity index (χ3v) is 3.02. The second-order valence-electron chi connectivity index (χ2n) is 4.42. The molecule has 0 spiro atoms. The molecule has 3 nitrogen and oxygen atoms in total. The monoisotopic (exact) mass is 221 g/mol. The van der Waals surface area contributed by atoms with E-state index in [9.17, 15) is 4.39 Å². The zero-order chi connectivity index (χ0) is 11.7. The first-order valence-electron chi connectivity index (χ1n) is 5.47. The predicted octanol–water partition coefficient (Wildman–Crippen LogP) is 1.96. The van der Waals surface area contributed by atoms with E-state index in [-0.39, 0.29) is 11.7 Å². The van der Waals surface area contributed by atoms with Crippen LogP contribution in [0.3, 0.4) is 0 Å². The predicted molar refractivity (Wildman–Crippen MR) is 63.4 cm³/mol. The van der Waals surface area contributed by atoms with Crippen LogP contribution in [0.1, 0.15) is 18.9 Å². The fraction of sp³-hybridized carbons (Fsp3) is 0.417. The van der Waals surface area contributed by atoms with Crippen molar-refractivity contribution in [2.24, 2.45) is 11.7 Å². The topological polar surface area (TPSA) is 53.1 Å². The maximum absolute atomic E-state index is 13.8. The Balaban J connectivity index is 2.26. The minimum Gasteiger partial charge on any atom is -0.384 e. The van der Waals surface area contributed by atoms with Crippen molar-refractivity contribution < 1.29 is 4.39 Å². The molecule has 2 rings (SSSR count). The van der Waals surface area contributed by atoms with Crippen LogP contribution >= 0.6 is 0 Å². The van der Waals surface area contributed by atoms with Crippen molar-refractivity contribution in [3.8, 4) is 0 Å². The molecular weight excluding hydrogens is 205 g/mol. The van der Waals surface area contributed by atoms with E-state index in [0.29, 0.717) is 17.2 Å². The number of nitrogens with one attached hydrogen (secondary N) is 1. The summed E-state index contributed by atoms with van der Waals surface area (Å²) in [5.41, 5.74) is 6.37. The average molecular weight is 221 g/mol. The number of anilines is 1. The van der Waals surface area contributed by atoms with E-state index in [1.807, 2.05) is 4.90 Å². The van der Waals surface area contributed by atoms with Gasteiger partial charge in [-0.05, 0) is 30.5 Å². The number of nitrogen functional groups attached to an aromatic ring is 1. The quantitative estimate of drug-likeness (QED) is 0.592. The molecular formula is C12H16FN3. The average Bonchev–Trinajstić information content (AvgIpc) is 2.64. The molecule has 1 unspecified atom stereocenters. The molecule has 0 amide bonds. The zero-order valence-corrected chi connectivity index (χ0v) is 9.33. The van der Waals surface area contributed by atoms with Gasteiger partial charge in [0.05, 0.1) is 5.69 Å². The molecule has 1 heterocycles. The Morgan fingerprint density at radius 3 is 2.81 bits per heavy atom. The fourth-order valence-corrected chi connectivity index (χ4v) is 2.08. The number of halogens is 1. The maximum atomic E-state index is 13.8. The first-order valence-corrected chi connectivity index (χ1v) is 5.47. The van der Waals surface area contributed by atoms with Crippen molar-refractivity contribution in [2.75, 3.05) is 18.0 Å². The second kappa shape index (κ2) is 4.12. The molecule has 1 aromatic rings. The molecule has 1 saturated heterocycles. The van der Waals surface area contributed by atoms with Crippen molar-refractivity contribution in [2.45, 2.75) is 13.3 Å². The van der Waals surface area contributed by atoms with Gasteiger partial charge >= 0.3 is 0 Å². The first-order chi connectivity index (χ1) is 7.58. The van der Waals surface area contributed by atoms with Gasteiger partial charge < -0.3 is 10.6 Å². The highest BCUT2D eigenvalue weighted by Crippen LogP contribution is 2.26. The smallest absolute Gasteiger partial charge is 0.147 e. The van der Waals surface area contributed by atoms with Crippen molar-refractivity contribution in [1.82, 2.24) is 0 Å². The van der Waals surface area contributed by atoms with Gasteiger partial charge in [0.25, 0.3) is 0 Å². The van der Waals surface area contributed by atoms with Gasteiger partial charge in [0.15, 0.2) is 0 Å². The molecule has 0 bridgehead atoms. The van der Waals surface area contributed by atoms with Crippen LogP contribution in [0, 0.1) is 17.1 Å². The lowest BCUT2D eigenvalue weighted by Gasteiger charge is -2.19. The highest BCUT2D eigenvalue weighted by molar-refractivity contribution is 5.95. The lowest BCUT2D eigenvalue weighted by atomic mass is 10.1. The number of amidine groups is 1. The molecule has 1 aliphatic heterocycles. The molecule has 16 heavy (non-hydrogen) atoms. The number of hydrogen-bond donors (Lipinski definition) is 2. The van der Waals surface area contributed by atoms with Crippen molar-refractivity contribution in [3.63, 3.8) is 0 Å². The summed E-state index contributed by atoms with van der Waals surface area (Å²) in [6.45, 7) is 3.97. The molecule has 3 N–H and O–H groups in total. The third kappa shape index (κ3) is 2.01. The SMILES string of the molecule is CC1CCN(c2ccc(C(=N)N)cc2F)C1. The number of nitrogens with zero attached hydrogens (tertiary/aromatic N) is 1. The van der Waals surface area contributed by atoms with Crippen LogP contribution in [-0.2, 0) is 0 Å². The van der Waals surface area contributed by atoms with Crippen LogP contribution in [0.5, 0.6) is 0 Å². The van der Waals surface area contributed by atoms with Gasteiger partial charge in [-0.25, -0.2) is 4.39 Å². The molecule has 1 aliphatic rings. The van der Waals surface area contributed by atoms with Gasteiger partial charge in [-0.15, -0.1) is 0 Å². The standard InChI is InChI=1S/C12H16FN3/c1-8-4-5-16(7-8)11-3-2-9(12(14)15)6-10(11)13/h2-3,6,8H,4-5,7H2,1H3,(H3,14,15). The lowest BCUT2D eigenvalue weighted by molar-refractivity contribution is 0.619. The molecule has 86 valence electrons. The minimum absolute atomic E-state index is 0.0970. The number of hydrogen-bond acceptors (Lipinski definition) is 2. The maximum Gasteiger partial charge on any atom is 0.147 e. The number of benzene rings is 1. The molecule has 0 radical (unpaired) electrons. The number of rotatable bonds is 2. The van der Waals surface area contributed by atoms with E-state index in [2.05, 4.69) is 6.92 Å². The van der Waals surface area contributed by atoms with Crippen molar-refractivity contribution >= 4 is 11.5 Å². The Morgan fingerprint density at radius 1 is 1.56 bits per heavy atom. The molecule has 1 aromatic carbocycles. The van der Waals surface area contributed by atoms with Crippen LogP contribution in [-0.4, -0.2) is 18.9 Å². The van der Waals surface area contributed by atoms with E-state index < -0.39 is 0 Å². The number of nitrogens with two attached hydrogens (primary N) is 1. The highest BCUT2D eigenvalue weighted by Gasteiger charge is 2.21. The second-order valence-corrected chi connectivity index (χ2v) is 4.42. The lowest BCUT2D eigenvalue weighted by Crippen LogP contribution is -2.21. The Labute approximate surface area is 94.6 Å². The molecule has 4 heteroatoms. The summed E-state index contributed by atoms with van der Waals surface area (Å²) in [4.78, 5) is 2.05. The highest BCUT2D eigenvalue weighted by atomic mass is 19.1. The third-order valence-electron chi connectivity index (χ3n) is 3.02. The minimum atomic E-state index is -0.290. The van der Waals surface area contributed by atoms with Crippen LogP contribution in [0.4, 0.5) is 10.1 Å². The van der Waals surface area contributed by atoms with Crippen molar-refractivity contribution in [1.29, 1.82) is 5.41 Å². The summed E-state index contributed by atoms with van der Waals surface area (Å²) in [6.07, 6.45) is 1.11. The Hall–Kier alpha value is -1.58. The normalized spacial score (nSPS) is 20.1. The Bertz CT molecular complexity index is 417. The van der Waals surface area contributed by atoms with E-state index in [1.165, 1.54) is 6.07 Å². The molecule has 0 saturated carbocycles. The van der Waals surface area contributed by atoms with Crippen LogP contribution in [0.2, 0.25) is 0 Å². The summed E-state index contributed by atoms with van der Waals surface area (Å²) >= 11 is 0. The van der Waals surface area contributed by atoms with Gasteiger partial charge in [0, 0.05) is 18.7 Å². The van der Waals surface area contributed by atoms with Crippen molar-refractivity contribution in [3.05, 3.63) is 29.6 Å². The van der Waals surface area contributed by atoms with E-state index in [1.54, 1.807) is 12.1 Å². The summed E-state index contributed by atoms with van der Waals surface area (Å²) in [6, 6.07) is 4.74. The molecule has 0 aliphatic carbocycles. The summed E-state index contributed by atoms with van der Waals surface area (Å²) < 4.78 is 13.8. The Morgan fingerprint density at radius 2 is 2.31 bits per heavy atom. The zero-order valence-electron chi connectivity index (χ0n) is 9.33. The fourth-order valence-electron chi connectivity index (χ4n) is 2.08. The largest absolute Gasteiger partial charge is 0.384 e.